The summed E-state index contributed by atoms with van der Waals surface area (Å²) < 4.78 is 5.56. The summed E-state index contributed by atoms with van der Waals surface area (Å²) >= 11 is 3.23. The number of carboxylic acids is 1. The van der Waals surface area contributed by atoms with E-state index in [-0.39, 0.29) is 11.7 Å². The van der Waals surface area contributed by atoms with E-state index in [1.54, 1.807) is 12.1 Å². The summed E-state index contributed by atoms with van der Waals surface area (Å²) in [7, 11) is 1.47. The fraction of sp³-hybridized carbons (Fsp3) is 0.462. The zero-order valence-corrected chi connectivity index (χ0v) is 12.7. The van der Waals surface area contributed by atoms with E-state index >= 15 is 0 Å². The van der Waals surface area contributed by atoms with Crippen LogP contribution in [0.1, 0.15) is 19.4 Å². The summed E-state index contributed by atoms with van der Waals surface area (Å²) in [5.74, 6) is -0.507. The largest absolute Gasteiger partial charge is 0.503 e. The molecule has 0 spiro atoms. The minimum absolute atomic E-state index is 0.0139. The van der Waals surface area contributed by atoms with Gasteiger partial charge in [-0.3, -0.25) is 4.79 Å². The number of rotatable bonds is 6. The van der Waals surface area contributed by atoms with E-state index in [0.717, 1.165) is 5.56 Å². The lowest BCUT2D eigenvalue weighted by Gasteiger charge is -2.18. The van der Waals surface area contributed by atoms with Gasteiger partial charge in [0.1, 0.15) is 6.04 Å². The fourth-order valence-electron chi connectivity index (χ4n) is 1.72. The maximum absolute atomic E-state index is 11.1. The van der Waals surface area contributed by atoms with Crippen molar-refractivity contribution in [3.05, 3.63) is 22.2 Å². The van der Waals surface area contributed by atoms with Gasteiger partial charge in [0.25, 0.3) is 0 Å². The minimum Gasteiger partial charge on any atom is -0.503 e. The third-order valence-corrected chi connectivity index (χ3v) is 3.37. The highest BCUT2D eigenvalue weighted by Crippen LogP contribution is 2.35. The fourth-order valence-corrected chi connectivity index (χ4v) is 2.21. The standard InChI is InChI=1S/C13H18BrNO4/c1-7(2)11(13(17)18)15-6-8-4-9(14)12(16)10(5-8)19-3/h4-5,7,11,15-16H,6H2,1-3H3,(H,17,18). The van der Waals surface area contributed by atoms with E-state index in [1.807, 2.05) is 13.8 Å². The van der Waals surface area contributed by atoms with E-state index < -0.39 is 12.0 Å². The second kappa shape index (κ2) is 6.77. The molecule has 0 radical (unpaired) electrons. The molecule has 1 rings (SSSR count). The van der Waals surface area contributed by atoms with Gasteiger partial charge in [0.15, 0.2) is 11.5 Å². The topological polar surface area (TPSA) is 78.8 Å². The summed E-state index contributed by atoms with van der Waals surface area (Å²) in [6.07, 6.45) is 0. The van der Waals surface area contributed by atoms with Gasteiger partial charge in [-0.05, 0) is 39.5 Å². The van der Waals surface area contributed by atoms with Crippen LogP contribution in [0.25, 0.3) is 0 Å². The van der Waals surface area contributed by atoms with Crippen molar-refractivity contribution in [2.45, 2.75) is 26.4 Å². The molecule has 0 aliphatic carbocycles. The molecule has 0 amide bonds. The summed E-state index contributed by atoms with van der Waals surface area (Å²) in [6.45, 7) is 4.07. The molecule has 1 unspecified atom stereocenters. The molecule has 0 heterocycles. The van der Waals surface area contributed by atoms with Crippen molar-refractivity contribution in [1.29, 1.82) is 0 Å². The van der Waals surface area contributed by atoms with Crippen LogP contribution in [-0.2, 0) is 11.3 Å². The number of ether oxygens (including phenoxy) is 1. The molecule has 0 saturated heterocycles. The molecule has 0 aromatic heterocycles. The van der Waals surface area contributed by atoms with Crippen molar-refractivity contribution in [2.24, 2.45) is 5.92 Å². The van der Waals surface area contributed by atoms with Gasteiger partial charge in [0.2, 0.25) is 0 Å². The van der Waals surface area contributed by atoms with Gasteiger partial charge in [-0.1, -0.05) is 13.8 Å². The first kappa shape index (κ1) is 15.8. The molecule has 0 aliphatic heterocycles. The molecular weight excluding hydrogens is 314 g/mol. The number of nitrogens with one attached hydrogen (secondary N) is 1. The second-order valence-electron chi connectivity index (χ2n) is 4.57. The van der Waals surface area contributed by atoms with Crippen molar-refractivity contribution in [3.63, 3.8) is 0 Å². The Morgan fingerprint density at radius 3 is 2.58 bits per heavy atom. The number of aliphatic carboxylic acids is 1. The van der Waals surface area contributed by atoms with Crippen LogP contribution >= 0.6 is 15.9 Å². The van der Waals surface area contributed by atoms with Crippen LogP contribution in [0.15, 0.2) is 16.6 Å². The van der Waals surface area contributed by atoms with E-state index in [2.05, 4.69) is 21.2 Å². The summed E-state index contributed by atoms with van der Waals surface area (Å²) in [4.78, 5) is 11.1. The van der Waals surface area contributed by atoms with Gasteiger partial charge in [0, 0.05) is 6.54 Å². The Bertz CT molecular complexity index is 462. The van der Waals surface area contributed by atoms with Crippen LogP contribution in [0.3, 0.4) is 0 Å². The Balaban J connectivity index is 2.83. The SMILES string of the molecule is COc1cc(CNC(C(=O)O)C(C)C)cc(Br)c1O. The summed E-state index contributed by atoms with van der Waals surface area (Å²) in [5.41, 5.74) is 0.827. The van der Waals surface area contributed by atoms with E-state index in [1.165, 1.54) is 7.11 Å². The number of hydrogen-bond acceptors (Lipinski definition) is 4. The molecule has 0 aliphatic rings. The van der Waals surface area contributed by atoms with Gasteiger partial charge < -0.3 is 20.3 Å². The highest BCUT2D eigenvalue weighted by Gasteiger charge is 2.20. The van der Waals surface area contributed by atoms with Crippen LogP contribution in [0, 0.1) is 5.92 Å². The molecule has 1 aromatic carbocycles. The van der Waals surface area contributed by atoms with Crippen LogP contribution in [-0.4, -0.2) is 29.3 Å². The Labute approximate surface area is 120 Å². The molecule has 3 N–H and O–H groups in total. The quantitative estimate of drug-likeness (QED) is 0.745. The first-order valence-corrected chi connectivity index (χ1v) is 6.67. The second-order valence-corrected chi connectivity index (χ2v) is 5.42. The van der Waals surface area contributed by atoms with E-state index in [4.69, 9.17) is 9.84 Å². The van der Waals surface area contributed by atoms with Crippen molar-refractivity contribution >= 4 is 21.9 Å². The average Bonchev–Trinajstić information content (AvgIpc) is 2.32. The molecule has 19 heavy (non-hydrogen) atoms. The molecular formula is C13H18BrNO4. The number of phenols is 1. The molecule has 0 fully saturated rings. The monoisotopic (exact) mass is 331 g/mol. The normalized spacial score (nSPS) is 12.5. The third kappa shape index (κ3) is 4.11. The zero-order valence-electron chi connectivity index (χ0n) is 11.1. The van der Waals surface area contributed by atoms with Gasteiger partial charge in [-0.15, -0.1) is 0 Å². The molecule has 1 atom stereocenters. The lowest BCUT2D eigenvalue weighted by molar-refractivity contribution is -0.140. The van der Waals surface area contributed by atoms with E-state index in [9.17, 15) is 9.90 Å². The van der Waals surface area contributed by atoms with Crippen LogP contribution in [0.2, 0.25) is 0 Å². The van der Waals surface area contributed by atoms with Crippen molar-refractivity contribution in [2.75, 3.05) is 7.11 Å². The maximum atomic E-state index is 11.1. The number of halogens is 1. The van der Waals surface area contributed by atoms with Crippen LogP contribution in [0.5, 0.6) is 11.5 Å². The molecule has 5 nitrogen and oxygen atoms in total. The smallest absolute Gasteiger partial charge is 0.320 e. The number of hydrogen-bond donors (Lipinski definition) is 3. The summed E-state index contributed by atoms with van der Waals surface area (Å²) in [6, 6.07) is 2.79. The number of methoxy groups -OCH3 is 1. The highest BCUT2D eigenvalue weighted by atomic mass is 79.9. The Hall–Kier alpha value is -1.27. The van der Waals surface area contributed by atoms with Crippen molar-refractivity contribution in [3.8, 4) is 11.5 Å². The Morgan fingerprint density at radius 2 is 2.11 bits per heavy atom. The first-order chi connectivity index (χ1) is 8.86. The molecule has 0 saturated carbocycles. The number of phenolic OH excluding ortho intramolecular Hbond substituents is 1. The Kier molecular flexibility index (Phi) is 5.62. The molecule has 6 heteroatoms. The number of carbonyl (C=O) groups is 1. The molecule has 106 valence electrons. The third-order valence-electron chi connectivity index (χ3n) is 2.77. The average molecular weight is 332 g/mol. The lowest BCUT2D eigenvalue weighted by atomic mass is 10.0. The van der Waals surface area contributed by atoms with Crippen LogP contribution < -0.4 is 10.1 Å². The highest BCUT2D eigenvalue weighted by molar-refractivity contribution is 9.10. The van der Waals surface area contributed by atoms with Gasteiger partial charge in [-0.25, -0.2) is 0 Å². The van der Waals surface area contributed by atoms with Crippen molar-refractivity contribution < 1.29 is 19.7 Å². The summed E-state index contributed by atoms with van der Waals surface area (Å²) in [5, 5.41) is 21.7. The van der Waals surface area contributed by atoms with E-state index in [0.29, 0.717) is 16.8 Å². The first-order valence-electron chi connectivity index (χ1n) is 5.88. The van der Waals surface area contributed by atoms with Gasteiger partial charge in [0.05, 0.1) is 11.6 Å². The predicted octanol–water partition coefficient (Wildman–Crippen LogP) is 2.36. The predicted molar refractivity (Wildman–Crippen MR) is 75.5 cm³/mol. The molecule has 0 bridgehead atoms. The minimum atomic E-state index is -0.875. The maximum Gasteiger partial charge on any atom is 0.320 e. The van der Waals surface area contributed by atoms with Gasteiger partial charge in [-0.2, -0.15) is 0 Å². The number of aromatic hydroxyl groups is 1. The van der Waals surface area contributed by atoms with Crippen LogP contribution in [0.4, 0.5) is 0 Å². The number of carboxylic acid groups (broad SMARTS) is 1. The van der Waals surface area contributed by atoms with Gasteiger partial charge >= 0.3 is 5.97 Å². The number of benzene rings is 1. The zero-order chi connectivity index (χ0) is 14.6. The van der Waals surface area contributed by atoms with Crippen molar-refractivity contribution in [1.82, 2.24) is 5.32 Å². The molecule has 1 aromatic rings. The Morgan fingerprint density at radius 1 is 1.47 bits per heavy atom. The lowest BCUT2D eigenvalue weighted by Crippen LogP contribution is -2.40.